The molecule has 0 aromatic carbocycles. The molecule has 2 nitrogen and oxygen atoms in total. The van der Waals surface area contributed by atoms with Crippen molar-refractivity contribution >= 4 is 18.6 Å². The third-order valence-corrected chi connectivity index (χ3v) is 2.17. The minimum atomic E-state index is -0.171. The number of ether oxygens (including phenoxy) is 1. The van der Waals surface area contributed by atoms with E-state index in [9.17, 15) is 4.79 Å². The van der Waals surface area contributed by atoms with Crippen LogP contribution in [0.4, 0.5) is 0 Å². The molecule has 0 aromatic heterocycles. The standard InChI is InChI=1S/C10H20O2S/c1-10(11)12-8-6-4-2-3-5-7-9-13/h13H,2-9H2,1H3. The van der Waals surface area contributed by atoms with Crippen LogP contribution in [0.2, 0.25) is 0 Å². The Bertz CT molecular complexity index is 126. The first-order valence-electron chi connectivity index (χ1n) is 5.01. The third kappa shape index (κ3) is 11.8. The van der Waals surface area contributed by atoms with Gasteiger partial charge in [0.1, 0.15) is 0 Å². The Morgan fingerprint density at radius 1 is 1.08 bits per heavy atom. The zero-order valence-electron chi connectivity index (χ0n) is 8.42. The van der Waals surface area contributed by atoms with E-state index >= 15 is 0 Å². The summed E-state index contributed by atoms with van der Waals surface area (Å²) in [6, 6.07) is 0. The van der Waals surface area contributed by atoms with Gasteiger partial charge in [0.15, 0.2) is 0 Å². The molecule has 0 fully saturated rings. The maximum Gasteiger partial charge on any atom is 0.302 e. The number of unbranched alkanes of at least 4 members (excludes halogenated alkanes) is 5. The lowest BCUT2D eigenvalue weighted by atomic mass is 10.1. The van der Waals surface area contributed by atoms with Crippen LogP contribution in [0, 0.1) is 0 Å². The summed E-state index contributed by atoms with van der Waals surface area (Å²) in [6.07, 6.45) is 7.18. The number of hydrogen-bond donors (Lipinski definition) is 1. The summed E-state index contributed by atoms with van der Waals surface area (Å²) in [5.41, 5.74) is 0. The quantitative estimate of drug-likeness (QED) is 0.374. The van der Waals surface area contributed by atoms with E-state index in [0.717, 1.165) is 12.2 Å². The number of hydrogen-bond acceptors (Lipinski definition) is 3. The van der Waals surface area contributed by atoms with Gasteiger partial charge in [0.05, 0.1) is 6.61 Å². The van der Waals surface area contributed by atoms with Crippen molar-refractivity contribution in [2.45, 2.75) is 45.4 Å². The third-order valence-electron chi connectivity index (χ3n) is 1.86. The summed E-state index contributed by atoms with van der Waals surface area (Å²) in [7, 11) is 0. The van der Waals surface area contributed by atoms with Crippen molar-refractivity contribution in [1.29, 1.82) is 0 Å². The lowest BCUT2D eigenvalue weighted by Gasteiger charge is -2.01. The fraction of sp³-hybridized carbons (Fsp3) is 0.900. The second-order valence-corrected chi connectivity index (χ2v) is 3.63. The minimum absolute atomic E-state index is 0.171. The molecule has 0 bridgehead atoms. The highest BCUT2D eigenvalue weighted by Crippen LogP contribution is 2.05. The molecular weight excluding hydrogens is 184 g/mol. The van der Waals surface area contributed by atoms with Crippen molar-refractivity contribution in [1.82, 2.24) is 0 Å². The molecule has 13 heavy (non-hydrogen) atoms. The topological polar surface area (TPSA) is 26.3 Å². The molecule has 0 N–H and O–H groups in total. The van der Waals surface area contributed by atoms with Crippen molar-refractivity contribution in [3.63, 3.8) is 0 Å². The summed E-state index contributed by atoms with van der Waals surface area (Å²) in [6.45, 7) is 2.04. The van der Waals surface area contributed by atoms with E-state index in [1.54, 1.807) is 0 Å². The van der Waals surface area contributed by atoms with Crippen LogP contribution in [-0.2, 0) is 9.53 Å². The van der Waals surface area contributed by atoms with E-state index in [4.69, 9.17) is 4.74 Å². The Balaban J connectivity index is 2.87. The lowest BCUT2D eigenvalue weighted by Crippen LogP contribution is -2.00. The molecule has 0 saturated heterocycles. The number of rotatable bonds is 8. The van der Waals surface area contributed by atoms with Gasteiger partial charge >= 0.3 is 5.97 Å². The molecule has 0 aliphatic rings. The van der Waals surface area contributed by atoms with Gasteiger partial charge in [-0.1, -0.05) is 25.7 Å². The molecular formula is C10H20O2S. The van der Waals surface area contributed by atoms with Gasteiger partial charge in [-0.3, -0.25) is 4.79 Å². The van der Waals surface area contributed by atoms with Gasteiger partial charge in [0, 0.05) is 6.92 Å². The fourth-order valence-corrected chi connectivity index (χ4v) is 1.36. The summed E-state index contributed by atoms with van der Waals surface area (Å²) < 4.78 is 4.82. The van der Waals surface area contributed by atoms with Gasteiger partial charge in [0.2, 0.25) is 0 Å². The number of carbonyl (C=O) groups excluding carboxylic acids is 1. The molecule has 0 aliphatic heterocycles. The molecule has 0 aliphatic carbocycles. The summed E-state index contributed by atoms with van der Waals surface area (Å²) in [5.74, 6) is 0.822. The second kappa shape index (κ2) is 9.90. The Kier molecular flexibility index (Phi) is 9.77. The van der Waals surface area contributed by atoms with Crippen molar-refractivity contribution in [2.75, 3.05) is 12.4 Å². The molecule has 0 unspecified atom stereocenters. The molecule has 78 valence electrons. The smallest absolute Gasteiger partial charge is 0.302 e. The molecule has 0 aromatic rings. The van der Waals surface area contributed by atoms with Gasteiger partial charge in [-0.25, -0.2) is 0 Å². The predicted molar refractivity (Wildman–Crippen MR) is 58.2 cm³/mol. The van der Waals surface area contributed by atoms with Crippen molar-refractivity contribution in [3.8, 4) is 0 Å². The zero-order valence-corrected chi connectivity index (χ0v) is 9.31. The maximum atomic E-state index is 10.4. The van der Waals surface area contributed by atoms with E-state index in [1.807, 2.05) is 0 Å². The number of esters is 1. The molecule has 0 radical (unpaired) electrons. The van der Waals surface area contributed by atoms with Crippen LogP contribution in [0.1, 0.15) is 45.4 Å². The SMILES string of the molecule is CC(=O)OCCCCCCCCS. The molecule has 0 rings (SSSR count). The average molecular weight is 204 g/mol. The van der Waals surface area contributed by atoms with Crippen LogP contribution in [-0.4, -0.2) is 18.3 Å². The molecule has 3 heteroatoms. The van der Waals surface area contributed by atoms with Gasteiger partial charge < -0.3 is 4.74 Å². The van der Waals surface area contributed by atoms with Crippen LogP contribution in [0.25, 0.3) is 0 Å². The van der Waals surface area contributed by atoms with E-state index in [2.05, 4.69) is 12.6 Å². The molecule has 0 heterocycles. The highest BCUT2D eigenvalue weighted by molar-refractivity contribution is 7.80. The van der Waals surface area contributed by atoms with E-state index < -0.39 is 0 Å². The molecule has 0 spiro atoms. The van der Waals surface area contributed by atoms with Crippen LogP contribution < -0.4 is 0 Å². The van der Waals surface area contributed by atoms with Crippen LogP contribution >= 0.6 is 12.6 Å². The maximum absolute atomic E-state index is 10.4. The Morgan fingerprint density at radius 2 is 1.62 bits per heavy atom. The Hall–Kier alpha value is -0.180. The monoisotopic (exact) mass is 204 g/mol. The average Bonchev–Trinajstić information content (AvgIpc) is 2.09. The van der Waals surface area contributed by atoms with Crippen molar-refractivity contribution in [2.24, 2.45) is 0 Å². The van der Waals surface area contributed by atoms with Crippen molar-refractivity contribution in [3.05, 3.63) is 0 Å². The van der Waals surface area contributed by atoms with Crippen LogP contribution in [0.5, 0.6) is 0 Å². The normalized spacial score (nSPS) is 10.0. The zero-order chi connectivity index (χ0) is 9.94. The Morgan fingerprint density at radius 3 is 2.15 bits per heavy atom. The van der Waals surface area contributed by atoms with Gasteiger partial charge in [-0.15, -0.1) is 0 Å². The number of thiol groups is 1. The van der Waals surface area contributed by atoms with Gasteiger partial charge in [0.25, 0.3) is 0 Å². The highest BCUT2D eigenvalue weighted by atomic mass is 32.1. The first-order valence-corrected chi connectivity index (χ1v) is 5.65. The molecule has 0 saturated carbocycles. The second-order valence-electron chi connectivity index (χ2n) is 3.18. The largest absolute Gasteiger partial charge is 0.466 e. The summed E-state index contributed by atoms with van der Waals surface area (Å²) in [5, 5.41) is 0. The van der Waals surface area contributed by atoms with Crippen LogP contribution in [0.15, 0.2) is 0 Å². The van der Waals surface area contributed by atoms with Crippen LogP contribution in [0.3, 0.4) is 0 Å². The van der Waals surface area contributed by atoms with Crippen molar-refractivity contribution < 1.29 is 9.53 Å². The first-order chi connectivity index (χ1) is 6.27. The summed E-state index contributed by atoms with van der Waals surface area (Å²) in [4.78, 5) is 10.4. The predicted octanol–water partition coefficient (Wildman–Crippen LogP) is 2.82. The van der Waals surface area contributed by atoms with E-state index in [1.165, 1.54) is 39.0 Å². The fourth-order valence-electron chi connectivity index (χ4n) is 1.14. The highest BCUT2D eigenvalue weighted by Gasteiger charge is 1.93. The molecule has 0 amide bonds. The van der Waals surface area contributed by atoms with E-state index in [0.29, 0.717) is 6.61 Å². The van der Waals surface area contributed by atoms with Gasteiger partial charge in [-0.05, 0) is 18.6 Å². The van der Waals surface area contributed by atoms with Gasteiger partial charge in [-0.2, -0.15) is 12.6 Å². The minimum Gasteiger partial charge on any atom is -0.466 e. The first kappa shape index (κ1) is 12.8. The number of carbonyl (C=O) groups is 1. The van der Waals surface area contributed by atoms with E-state index in [-0.39, 0.29) is 5.97 Å². The lowest BCUT2D eigenvalue weighted by molar-refractivity contribution is -0.141. The summed E-state index contributed by atoms with van der Waals surface area (Å²) >= 11 is 4.14. The Labute approximate surface area is 86.5 Å². The molecule has 0 atom stereocenters.